The van der Waals surface area contributed by atoms with Gasteiger partial charge in [-0.1, -0.05) is 47.1 Å². The number of benzene rings is 2. The summed E-state index contributed by atoms with van der Waals surface area (Å²) in [5.41, 5.74) is 1.44. The van der Waals surface area contributed by atoms with E-state index in [0.717, 1.165) is 16.6 Å². The fourth-order valence-corrected chi connectivity index (χ4v) is 3.06. The zero-order valence-electron chi connectivity index (χ0n) is 15.5. The van der Waals surface area contributed by atoms with Crippen LogP contribution in [0.3, 0.4) is 0 Å². The van der Waals surface area contributed by atoms with E-state index in [0.29, 0.717) is 18.0 Å². The molecule has 0 fully saturated rings. The summed E-state index contributed by atoms with van der Waals surface area (Å²) < 4.78 is 18.4. The van der Waals surface area contributed by atoms with E-state index in [-0.39, 0.29) is 35.5 Å². The van der Waals surface area contributed by atoms with Gasteiger partial charge in [0.25, 0.3) is 5.89 Å². The summed E-state index contributed by atoms with van der Waals surface area (Å²) in [6.07, 6.45) is 0.462. The Bertz CT molecular complexity index is 1130. The minimum absolute atomic E-state index is 0.0526. The third-order valence-electron chi connectivity index (χ3n) is 4.31. The van der Waals surface area contributed by atoms with E-state index in [2.05, 4.69) is 20.6 Å². The van der Waals surface area contributed by atoms with Crippen molar-refractivity contribution in [2.24, 2.45) is 5.10 Å². The molecule has 0 atom stereocenters. The van der Waals surface area contributed by atoms with Crippen LogP contribution >= 0.6 is 11.6 Å². The van der Waals surface area contributed by atoms with E-state index < -0.39 is 11.7 Å². The van der Waals surface area contributed by atoms with Gasteiger partial charge in [-0.15, -0.1) is 0 Å². The largest absolute Gasteiger partial charge is 0.332 e. The number of aromatic nitrogens is 2. The van der Waals surface area contributed by atoms with Crippen molar-refractivity contribution in [3.63, 3.8) is 0 Å². The minimum atomic E-state index is -0.530. The van der Waals surface area contributed by atoms with Crippen LogP contribution in [0.15, 0.2) is 58.2 Å². The molecule has 152 valence electrons. The van der Waals surface area contributed by atoms with Gasteiger partial charge < -0.3 is 9.84 Å². The number of rotatable bonds is 5. The molecule has 0 radical (unpaired) electrons. The lowest BCUT2D eigenvalue weighted by atomic mass is 10.1. The molecule has 1 aliphatic heterocycles. The molecule has 0 bridgehead atoms. The van der Waals surface area contributed by atoms with Crippen molar-refractivity contribution in [3.05, 3.63) is 65.3 Å². The summed E-state index contributed by atoms with van der Waals surface area (Å²) in [6, 6.07) is 12.9. The lowest BCUT2D eigenvalue weighted by Crippen LogP contribution is -2.38. The highest BCUT2D eigenvalue weighted by molar-refractivity contribution is 6.33. The number of nitrogens with zero attached hydrogens (tertiary/aromatic N) is 4. The van der Waals surface area contributed by atoms with Gasteiger partial charge in [-0.05, 0) is 18.2 Å². The second-order valence-corrected chi connectivity index (χ2v) is 6.87. The SMILES string of the molecule is O=C(CN1N=C(c2nc(-c3ccccc3)no2)CCC1=O)Nc1ccc(F)cc1Cl. The Kier molecular flexibility index (Phi) is 5.53. The first-order valence-electron chi connectivity index (χ1n) is 9.02. The van der Waals surface area contributed by atoms with Crippen molar-refractivity contribution in [2.45, 2.75) is 12.8 Å². The van der Waals surface area contributed by atoms with Gasteiger partial charge in [0.2, 0.25) is 17.6 Å². The molecule has 1 N–H and O–H groups in total. The first-order valence-corrected chi connectivity index (χ1v) is 9.39. The lowest BCUT2D eigenvalue weighted by Gasteiger charge is -2.21. The van der Waals surface area contributed by atoms with Crippen LogP contribution in [-0.2, 0) is 9.59 Å². The van der Waals surface area contributed by atoms with Crippen molar-refractivity contribution >= 4 is 34.8 Å². The van der Waals surface area contributed by atoms with Gasteiger partial charge in [-0.2, -0.15) is 10.1 Å². The molecule has 4 rings (SSSR count). The van der Waals surface area contributed by atoms with Crippen molar-refractivity contribution in [3.8, 4) is 11.4 Å². The highest BCUT2D eigenvalue weighted by Gasteiger charge is 2.26. The second-order valence-electron chi connectivity index (χ2n) is 6.46. The fourth-order valence-electron chi connectivity index (χ4n) is 2.84. The number of anilines is 1. The molecule has 0 spiro atoms. The number of amides is 2. The van der Waals surface area contributed by atoms with E-state index in [9.17, 15) is 14.0 Å². The summed E-state index contributed by atoms with van der Waals surface area (Å²) in [5, 5.41) is 11.8. The smallest absolute Gasteiger partial charge is 0.274 e. The molecule has 30 heavy (non-hydrogen) atoms. The van der Waals surface area contributed by atoms with Gasteiger partial charge >= 0.3 is 0 Å². The van der Waals surface area contributed by atoms with Gasteiger partial charge in [0.05, 0.1) is 10.7 Å². The zero-order valence-corrected chi connectivity index (χ0v) is 16.3. The Morgan fingerprint density at radius 3 is 2.77 bits per heavy atom. The molecule has 0 saturated heterocycles. The van der Waals surface area contributed by atoms with Crippen LogP contribution in [0.4, 0.5) is 10.1 Å². The zero-order chi connectivity index (χ0) is 21.1. The van der Waals surface area contributed by atoms with Crippen molar-refractivity contribution < 1.29 is 18.5 Å². The maximum atomic E-state index is 13.1. The maximum absolute atomic E-state index is 13.1. The minimum Gasteiger partial charge on any atom is -0.332 e. The standard InChI is InChI=1S/C20H15ClFN5O3/c21-14-10-13(22)6-7-15(14)23-17(28)11-27-18(29)9-8-16(25-27)20-24-19(26-30-20)12-4-2-1-3-5-12/h1-7,10H,8-9,11H2,(H,23,28). The summed E-state index contributed by atoms with van der Waals surface area (Å²) in [5.74, 6) is -0.777. The highest BCUT2D eigenvalue weighted by atomic mass is 35.5. The molecular formula is C20H15ClFN5O3. The van der Waals surface area contributed by atoms with Gasteiger partial charge in [0.15, 0.2) is 0 Å². The average molecular weight is 428 g/mol. The van der Waals surface area contributed by atoms with E-state index >= 15 is 0 Å². The molecule has 2 aromatic carbocycles. The van der Waals surface area contributed by atoms with Crippen LogP contribution in [-0.4, -0.2) is 39.2 Å². The number of nitrogens with one attached hydrogen (secondary N) is 1. The maximum Gasteiger partial charge on any atom is 0.274 e. The monoisotopic (exact) mass is 427 g/mol. The molecule has 8 nitrogen and oxygen atoms in total. The normalized spacial score (nSPS) is 13.9. The molecule has 0 unspecified atom stereocenters. The fraction of sp³-hybridized carbons (Fsp3) is 0.150. The number of halogens is 2. The molecular weight excluding hydrogens is 413 g/mol. The van der Waals surface area contributed by atoms with Gasteiger partial charge in [-0.25, -0.2) is 9.40 Å². The highest BCUT2D eigenvalue weighted by Crippen LogP contribution is 2.23. The molecule has 0 aliphatic carbocycles. The van der Waals surface area contributed by atoms with Crippen LogP contribution in [0.1, 0.15) is 18.7 Å². The van der Waals surface area contributed by atoms with Crippen molar-refractivity contribution in [2.75, 3.05) is 11.9 Å². The van der Waals surface area contributed by atoms with Gasteiger partial charge in [0, 0.05) is 18.4 Å². The van der Waals surface area contributed by atoms with Crippen LogP contribution in [0.2, 0.25) is 5.02 Å². The first kappa shape index (κ1) is 19.7. The Hall–Kier alpha value is -3.59. The molecule has 0 saturated carbocycles. The lowest BCUT2D eigenvalue weighted by molar-refractivity contribution is -0.135. The number of hydrogen-bond donors (Lipinski definition) is 1. The quantitative estimate of drug-likeness (QED) is 0.671. The van der Waals surface area contributed by atoms with E-state index in [1.54, 1.807) is 0 Å². The van der Waals surface area contributed by atoms with E-state index in [1.807, 2.05) is 30.3 Å². The first-order chi connectivity index (χ1) is 14.5. The Balaban J connectivity index is 1.48. The third kappa shape index (κ3) is 4.36. The van der Waals surface area contributed by atoms with Gasteiger partial charge in [-0.3, -0.25) is 9.59 Å². The average Bonchev–Trinajstić information content (AvgIpc) is 3.23. The van der Waals surface area contributed by atoms with E-state index in [4.69, 9.17) is 16.1 Å². The molecule has 3 aromatic rings. The van der Waals surface area contributed by atoms with Gasteiger partial charge in [0.1, 0.15) is 18.1 Å². The molecule has 1 aliphatic rings. The molecule has 2 heterocycles. The van der Waals surface area contributed by atoms with Crippen LogP contribution < -0.4 is 5.32 Å². The van der Waals surface area contributed by atoms with Crippen molar-refractivity contribution in [1.29, 1.82) is 0 Å². The number of carbonyl (C=O) groups excluding carboxylic acids is 2. The summed E-state index contributed by atoms with van der Waals surface area (Å²) in [7, 11) is 0. The summed E-state index contributed by atoms with van der Waals surface area (Å²) >= 11 is 5.91. The molecule has 1 aromatic heterocycles. The molecule has 2 amide bonds. The Morgan fingerprint density at radius 2 is 2.00 bits per heavy atom. The predicted molar refractivity (Wildman–Crippen MR) is 107 cm³/mol. The van der Waals surface area contributed by atoms with E-state index in [1.165, 1.54) is 12.1 Å². The second kappa shape index (κ2) is 8.42. The third-order valence-corrected chi connectivity index (χ3v) is 4.62. The Labute approximate surface area is 175 Å². The summed E-state index contributed by atoms with van der Waals surface area (Å²) in [4.78, 5) is 28.8. The molecule has 10 heteroatoms. The number of hydrogen-bond acceptors (Lipinski definition) is 6. The Morgan fingerprint density at radius 1 is 1.20 bits per heavy atom. The van der Waals surface area contributed by atoms with Crippen LogP contribution in [0, 0.1) is 5.82 Å². The topological polar surface area (TPSA) is 101 Å². The van der Waals surface area contributed by atoms with Crippen LogP contribution in [0.25, 0.3) is 11.4 Å². The number of carbonyl (C=O) groups is 2. The van der Waals surface area contributed by atoms with Crippen molar-refractivity contribution in [1.82, 2.24) is 15.1 Å². The van der Waals surface area contributed by atoms with Crippen LogP contribution in [0.5, 0.6) is 0 Å². The number of hydrazone groups is 1. The predicted octanol–water partition coefficient (Wildman–Crippen LogP) is 3.49. The summed E-state index contributed by atoms with van der Waals surface area (Å²) in [6.45, 7) is -0.338.